The van der Waals surface area contributed by atoms with Crippen LogP contribution < -0.4 is 10.6 Å². The van der Waals surface area contributed by atoms with Gasteiger partial charge in [-0.05, 0) is 32.8 Å². The molecule has 1 aliphatic rings. The number of benzene rings is 1. The Kier molecular flexibility index (Phi) is 6.07. The molecule has 1 heterocycles. The molecule has 0 aromatic heterocycles. The number of amides is 1. The second-order valence-electron chi connectivity index (χ2n) is 6.50. The molecule has 6 heteroatoms. The van der Waals surface area contributed by atoms with Crippen LogP contribution in [-0.2, 0) is 16.0 Å². The van der Waals surface area contributed by atoms with Gasteiger partial charge in [0.2, 0.25) is 0 Å². The van der Waals surface area contributed by atoms with Gasteiger partial charge in [-0.2, -0.15) is 0 Å². The second-order valence-corrected chi connectivity index (χ2v) is 7.71. The summed E-state index contributed by atoms with van der Waals surface area (Å²) in [6.07, 6.45) is -0.104. The minimum Gasteiger partial charge on any atom is -0.444 e. The average Bonchev–Trinajstić information content (AvgIpc) is 2.99. The Bertz CT molecular complexity index is 537. The first-order valence-electron chi connectivity index (χ1n) is 7.77. The van der Waals surface area contributed by atoms with Crippen LogP contribution in [0.2, 0.25) is 0 Å². The summed E-state index contributed by atoms with van der Waals surface area (Å²) in [6, 6.07) is 9.07. The first-order valence-corrected chi connectivity index (χ1v) is 8.82. The van der Waals surface area contributed by atoms with Gasteiger partial charge in [-0.25, -0.2) is 4.79 Å². The van der Waals surface area contributed by atoms with Crippen LogP contribution in [0.25, 0.3) is 0 Å². The van der Waals surface area contributed by atoms with Crippen molar-refractivity contribution in [2.45, 2.75) is 44.2 Å². The Morgan fingerprint density at radius 1 is 1.35 bits per heavy atom. The van der Waals surface area contributed by atoms with Crippen LogP contribution >= 0.6 is 11.8 Å². The number of carbonyl (C=O) groups excluding carboxylic acids is 2. The Morgan fingerprint density at radius 2 is 2.04 bits per heavy atom. The number of Topliss-reactive ketones (excluding diaryl/α,β-unsaturated/α-hetero) is 1. The van der Waals surface area contributed by atoms with E-state index in [2.05, 4.69) is 10.6 Å². The molecule has 1 aromatic rings. The molecular formula is C17H24N2O3S. The van der Waals surface area contributed by atoms with E-state index in [0.29, 0.717) is 6.42 Å². The summed E-state index contributed by atoms with van der Waals surface area (Å²) in [5, 5.41) is 5.63. The summed E-state index contributed by atoms with van der Waals surface area (Å²) in [6.45, 7) is 6.21. The van der Waals surface area contributed by atoms with E-state index in [4.69, 9.17) is 4.74 Å². The molecule has 0 spiro atoms. The van der Waals surface area contributed by atoms with Crippen molar-refractivity contribution in [3.8, 4) is 0 Å². The highest BCUT2D eigenvalue weighted by molar-refractivity contribution is 8.00. The largest absolute Gasteiger partial charge is 0.444 e. The minimum absolute atomic E-state index is 0.0118. The first kappa shape index (κ1) is 17.8. The lowest BCUT2D eigenvalue weighted by atomic mass is 10.0. The predicted molar refractivity (Wildman–Crippen MR) is 92.6 cm³/mol. The molecule has 0 aliphatic carbocycles. The van der Waals surface area contributed by atoms with Gasteiger partial charge >= 0.3 is 6.09 Å². The van der Waals surface area contributed by atoms with Gasteiger partial charge in [0.05, 0.1) is 6.04 Å². The number of thioether (sulfide) groups is 1. The summed E-state index contributed by atoms with van der Waals surface area (Å²) in [5.41, 5.74) is 0.412. The zero-order chi connectivity index (χ0) is 16.9. The molecule has 1 saturated heterocycles. The molecule has 1 fully saturated rings. The summed E-state index contributed by atoms with van der Waals surface area (Å²) in [4.78, 5) is 24.8. The predicted octanol–water partition coefficient (Wildman–Crippen LogP) is 2.35. The number of hydrogen-bond donors (Lipinski definition) is 2. The van der Waals surface area contributed by atoms with Crippen LogP contribution in [0.4, 0.5) is 4.79 Å². The van der Waals surface area contributed by atoms with E-state index in [-0.39, 0.29) is 11.2 Å². The molecule has 1 amide bonds. The molecule has 2 N–H and O–H groups in total. The fraction of sp³-hybridized carbons (Fsp3) is 0.529. The molecule has 23 heavy (non-hydrogen) atoms. The van der Waals surface area contributed by atoms with Gasteiger partial charge in [-0.3, -0.25) is 10.1 Å². The van der Waals surface area contributed by atoms with Crippen LogP contribution in [0, 0.1) is 0 Å². The monoisotopic (exact) mass is 336 g/mol. The van der Waals surface area contributed by atoms with Crippen LogP contribution in [0.1, 0.15) is 26.3 Å². The standard InChI is InChI=1S/C17H24N2O3S/c1-17(2,3)22-16(21)19-13(11-12-7-5-4-6-8-12)14(20)15-18-9-10-23-15/h4-8,13,15,18H,9-11H2,1-3H3,(H,19,21)/t13-,15?/m0/s1. The van der Waals surface area contributed by atoms with Crippen LogP contribution in [0.15, 0.2) is 30.3 Å². The van der Waals surface area contributed by atoms with Crippen molar-refractivity contribution in [2.75, 3.05) is 12.3 Å². The van der Waals surface area contributed by atoms with Gasteiger partial charge in [0.15, 0.2) is 5.78 Å². The van der Waals surface area contributed by atoms with E-state index in [1.807, 2.05) is 30.3 Å². The lowest BCUT2D eigenvalue weighted by molar-refractivity contribution is -0.121. The topological polar surface area (TPSA) is 67.4 Å². The van der Waals surface area contributed by atoms with Crippen LogP contribution in [-0.4, -0.2) is 41.2 Å². The van der Waals surface area contributed by atoms with Crippen molar-refractivity contribution >= 4 is 23.6 Å². The number of ether oxygens (including phenoxy) is 1. The van der Waals surface area contributed by atoms with E-state index in [9.17, 15) is 9.59 Å². The first-order chi connectivity index (χ1) is 10.8. The third-order valence-electron chi connectivity index (χ3n) is 3.29. The summed E-state index contributed by atoms with van der Waals surface area (Å²) < 4.78 is 5.29. The third kappa shape index (κ3) is 5.88. The minimum atomic E-state index is -0.602. The average molecular weight is 336 g/mol. The zero-order valence-electron chi connectivity index (χ0n) is 13.8. The highest BCUT2D eigenvalue weighted by atomic mass is 32.2. The Balaban J connectivity index is 2.07. The van der Waals surface area contributed by atoms with Crippen LogP contribution in [0.3, 0.4) is 0 Å². The lowest BCUT2D eigenvalue weighted by Crippen LogP contribution is -2.49. The number of ketones is 1. The molecule has 1 unspecified atom stereocenters. The van der Waals surface area contributed by atoms with E-state index in [0.717, 1.165) is 17.9 Å². The van der Waals surface area contributed by atoms with Crippen molar-refractivity contribution in [1.82, 2.24) is 10.6 Å². The van der Waals surface area contributed by atoms with E-state index in [1.54, 1.807) is 32.5 Å². The van der Waals surface area contributed by atoms with Gasteiger partial charge in [0, 0.05) is 12.3 Å². The van der Waals surface area contributed by atoms with Gasteiger partial charge in [-0.1, -0.05) is 30.3 Å². The number of rotatable bonds is 5. The summed E-state index contributed by atoms with van der Waals surface area (Å²) in [5.74, 6) is 0.892. The van der Waals surface area contributed by atoms with Gasteiger partial charge in [0.25, 0.3) is 0 Å². The van der Waals surface area contributed by atoms with Gasteiger partial charge in [0.1, 0.15) is 11.0 Å². The molecular weight excluding hydrogens is 312 g/mol. The molecule has 2 rings (SSSR count). The fourth-order valence-corrected chi connectivity index (χ4v) is 3.35. The van der Waals surface area contributed by atoms with Gasteiger partial charge < -0.3 is 10.1 Å². The molecule has 1 aromatic carbocycles. The number of alkyl carbamates (subject to hydrolysis) is 1. The number of hydrogen-bond acceptors (Lipinski definition) is 5. The zero-order valence-corrected chi connectivity index (χ0v) is 14.6. The van der Waals surface area contributed by atoms with Crippen molar-refractivity contribution in [3.05, 3.63) is 35.9 Å². The summed E-state index contributed by atoms with van der Waals surface area (Å²) in [7, 11) is 0. The number of nitrogens with one attached hydrogen (secondary N) is 2. The fourth-order valence-electron chi connectivity index (χ4n) is 2.31. The van der Waals surface area contributed by atoms with Crippen molar-refractivity contribution < 1.29 is 14.3 Å². The highest BCUT2D eigenvalue weighted by Crippen LogP contribution is 2.18. The third-order valence-corrected chi connectivity index (χ3v) is 4.46. The van der Waals surface area contributed by atoms with Crippen molar-refractivity contribution in [1.29, 1.82) is 0 Å². The SMILES string of the molecule is CC(C)(C)OC(=O)N[C@@H](Cc1ccccc1)C(=O)C1NCCS1. The van der Waals surface area contributed by atoms with E-state index in [1.165, 1.54) is 0 Å². The maximum absolute atomic E-state index is 12.7. The smallest absolute Gasteiger partial charge is 0.408 e. The molecule has 2 atom stereocenters. The molecule has 0 bridgehead atoms. The van der Waals surface area contributed by atoms with Gasteiger partial charge in [-0.15, -0.1) is 11.8 Å². The highest BCUT2D eigenvalue weighted by Gasteiger charge is 2.32. The van der Waals surface area contributed by atoms with E-state index < -0.39 is 17.7 Å². The van der Waals surface area contributed by atoms with Crippen molar-refractivity contribution in [3.63, 3.8) is 0 Å². The maximum atomic E-state index is 12.7. The van der Waals surface area contributed by atoms with Crippen LogP contribution in [0.5, 0.6) is 0 Å². The summed E-state index contributed by atoms with van der Waals surface area (Å²) >= 11 is 1.58. The lowest BCUT2D eigenvalue weighted by Gasteiger charge is -2.24. The quantitative estimate of drug-likeness (QED) is 0.864. The second kappa shape index (κ2) is 7.84. The molecule has 5 nitrogen and oxygen atoms in total. The normalized spacial score (nSPS) is 19.2. The van der Waals surface area contributed by atoms with Crippen molar-refractivity contribution in [2.24, 2.45) is 0 Å². The molecule has 126 valence electrons. The van der Waals surface area contributed by atoms with E-state index >= 15 is 0 Å². The molecule has 0 saturated carbocycles. The Hall–Kier alpha value is -1.53. The molecule has 1 aliphatic heterocycles. The molecule has 0 radical (unpaired) electrons. The Morgan fingerprint density at radius 3 is 2.61 bits per heavy atom. The maximum Gasteiger partial charge on any atom is 0.408 e. The number of carbonyl (C=O) groups is 2. The Labute approximate surface area is 141 Å².